The lowest BCUT2D eigenvalue weighted by atomic mass is 10.7. The van der Waals surface area contributed by atoms with Crippen molar-refractivity contribution < 1.29 is 44.3 Å². The first-order chi connectivity index (χ1) is 10.3. The Labute approximate surface area is 134 Å². The molecule has 0 saturated carbocycles. The Bertz CT molecular complexity index is 228. The molecule has 0 rings (SSSR count). The summed E-state index contributed by atoms with van der Waals surface area (Å²) in [4.78, 5) is 36.0. The lowest BCUT2D eigenvalue weighted by molar-refractivity contribution is -0.135. The molecule has 0 aliphatic rings. The van der Waals surface area contributed by atoms with E-state index in [0.717, 1.165) is 27.7 Å². The van der Waals surface area contributed by atoms with E-state index in [-0.39, 0.29) is 0 Å². The second-order valence-corrected chi connectivity index (χ2v) is 3.27. The lowest BCUT2D eigenvalue weighted by Gasteiger charge is -1.95. The largest absolute Gasteiger partial charge is 0.481 e. The molecule has 0 saturated heterocycles. The third kappa shape index (κ3) is 2010. The molecule has 0 bridgehead atoms. The van der Waals surface area contributed by atoms with Gasteiger partial charge in [-0.3, -0.25) is 19.2 Å². The van der Waals surface area contributed by atoms with Crippen LogP contribution in [0.4, 0.5) is 0 Å². The van der Waals surface area contributed by atoms with Gasteiger partial charge < -0.3 is 36.6 Å². The molecule has 0 aliphatic carbocycles. The van der Waals surface area contributed by atoms with Gasteiger partial charge in [-0.2, -0.15) is 0 Å². The smallest absolute Gasteiger partial charge is 0.300 e. The number of aliphatic carboxylic acids is 4. The average molecular weight is 344 g/mol. The molecule has 23 heavy (non-hydrogen) atoms. The van der Waals surface area contributed by atoms with Crippen LogP contribution in [0.3, 0.4) is 0 Å². The molecule has 0 amide bonds. The van der Waals surface area contributed by atoms with E-state index in [4.69, 9.17) is 55.8 Å². The average Bonchev–Trinajstić information content (AvgIpc) is 2.26. The first-order valence-corrected chi connectivity index (χ1v) is 6.10. The van der Waals surface area contributed by atoms with Gasteiger partial charge in [0.1, 0.15) is 0 Å². The molecule has 0 spiro atoms. The lowest BCUT2D eigenvalue weighted by Crippen LogP contribution is -2.13. The van der Waals surface area contributed by atoms with Crippen LogP contribution in [0.2, 0.25) is 0 Å². The normalized spacial score (nSPS) is 7.22. The maximum absolute atomic E-state index is 9.00. The van der Waals surface area contributed by atoms with Crippen LogP contribution >= 0.6 is 0 Å². The van der Waals surface area contributed by atoms with Gasteiger partial charge in [-0.1, -0.05) is 0 Å². The maximum atomic E-state index is 9.00. The summed E-state index contributed by atoms with van der Waals surface area (Å²) in [6.45, 7) is 6.74. The summed E-state index contributed by atoms with van der Waals surface area (Å²) in [6, 6.07) is 0. The Morgan fingerprint density at radius 3 is 0.870 bits per heavy atom. The zero-order chi connectivity index (χ0) is 19.8. The third-order valence-corrected chi connectivity index (χ3v) is 0.524. The van der Waals surface area contributed by atoms with E-state index in [2.05, 4.69) is 0 Å². The summed E-state index contributed by atoms with van der Waals surface area (Å²) < 4.78 is 4.88. The molecule has 0 aromatic carbocycles. The molecule has 0 aromatic rings. The third-order valence-electron chi connectivity index (χ3n) is 0.524. The number of nitrogens with two attached hydrogens (primary N) is 2. The van der Waals surface area contributed by atoms with Crippen LogP contribution in [0.5, 0.6) is 0 Å². The van der Waals surface area contributed by atoms with Crippen molar-refractivity contribution >= 4 is 23.9 Å². The number of hydrogen-bond donors (Lipinski definition) is 6. The molecular formula is C12H28N2O9. The van der Waals surface area contributed by atoms with Crippen molar-refractivity contribution in [3.63, 3.8) is 0 Å². The number of carbonyl (C=O) groups is 4. The van der Waals surface area contributed by atoms with Gasteiger partial charge >= 0.3 is 0 Å². The second-order valence-electron chi connectivity index (χ2n) is 3.27. The molecule has 0 atom stereocenters. The molecule has 8 N–H and O–H groups in total. The van der Waals surface area contributed by atoms with E-state index in [1.807, 2.05) is 0 Å². The second kappa shape index (κ2) is 31.9. The molecule has 140 valence electrons. The molecule has 0 aromatic heterocycles. The highest BCUT2D eigenvalue weighted by atomic mass is 16.5. The van der Waals surface area contributed by atoms with Crippen LogP contribution < -0.4 is 11.5 Å². The van der Waals surface area contributed by atoms with Crippen molar-refractivity contribution in [1.29, 1.82) is 0 Å². The van der Waals surface area contributed by atoms with E-state index in [9.17, 15) is 0 Å². The van der Waals surface area contributed by atoms with Crippen LogP contribution in [-0.2, 0) is 23.9 Å². The van der Waals surface area contributed by atoms with Gasteiger partial charge in [0.05, 0.1) is 13.2 Å². The highest BCUT2D eigenvalue weighted by Gasteiger charge is 1.78. The number of rotatable bonds is 4. The first-order valence-electron chi connectivity index (χ1n) is 6.10. The quantitative estimate of drug-likeness (QED) is 0.350. The van der Waals surface area contributed by atoms with Gasteiger partial charge in [0.25, 0.3) is 23.9 Å². The fraction of sp³-hybridized carbons (Fsp3) is 0.667. The molecule has 0 aliphatic heterocycles. The highest BCUT2D eigenvalue weighted by Crippen LogP contribution is 1.65. The van der Waals surface area contributed by atoms with Crippen molar-refractivity contribution in [2.75, 3.05) is 26.3 Å². The summed E-state index contributed by atoms with van der Waals surface area (Å²) in [6.07, 6.45) is 0. The summed E-state index contributed by atoms with van der Waals surface area (Å²) in [5.74, 6) is -3.33. The summed E-state index contributed by atoms with van der Waals surface area (Å²) >= 11 is 0. The fourth-order valence-corrected chi connectivity index (χ4v) is 0.269. The number of carboxylic acids is 4. The van der Waals surface area contributed by atoms with Gasteiger partial charge in [0.15, 0.2) is 0 Å². The van der Waals surface area contributed by atoms with Gasteiger partial charge in [-0.15, -0.1) is 0 Å². The van der Waals surface area contributed by atoms with Crippen molar-refractivity contribution in [3.8, 4) is 0 Å². The van der Waals surface area contributed by atoms with E-state index in [1.165, 1.54) is 0 Å². The first kappa shape index (κ1) is 32.6. The van der Waals surface area contributed by atoms with Gasteiger partial charge in [0.2, 0.25) is 0 Å². The van der Waals surface area contributed by atoms with E-state index >= 15 is 0 Å². The van der Waals surface area contributed by atoms with Crippen molar-refractivity contribution in [2.45, 2.75) is 27.7 Å². The molecule has 0 fully saturated rings. The number of ether oxygens (including phenoxy) is 1. The number of carboxylic acid groups (broad SMARTS) is 4. The minimum atomic E-state index is -0.833. The topological polar surface area (TPSA) is 210 Å². The van der Waals surface area contributed by atoms with E-state index in [1.54, 1.807) is 0 Å². The Balaban J connectivity index is -0.0000000604. The maximum Gasteiger partial charge on any atom is 0.300 e. The summed E-state index contributed by atoms with van der Waals surface area (Å²) in [5.41, 5.74) is 10.2. The Hall–Kier alpha value is -2.24. The molecule has 0 radical (unpaired) electrons. The van der Waals surface area contributed by atoms with Crippen LogP contribution in [0, 0.1) is 0 Å². The van der Waals surface area contributed by atoms with Gasteiger partial charge in [-0.05, 0) is 0 Å². The predicted octanol–water partition coefficient (Wildman–Crippen LogP) is -0.716. The minimum Gasteiger partial charge on any atom is -0.481 e. The van der Waals surface area contributed by atoms with Crippen molar-refractivity contribution in [3.05, 3.63) is 0 Å². The highest BCUT2D eigenvalue weighted by molar-refractivity contribution is 5.63. The van der Waals surface area contributed by atoms with Crippen LogP contribution in [0.1, 0.15) is 27.7 Å². The Morgan fingerprint density at radius 2 is 0.783 bits per heavy atom. The van der Waals surface area contributed by atoms with Crippen LogP contribution in [0.15, 0.2) is 0 Å². The molecule has 0 unspecified atom stereocenters. The Morgan fingerprint density at radius 1 is 0.652 bits per heavy atom. The molecular weight excluding hydrogens is 316 g/mol. The van der Waals surface area contributed by atoms with Gasteiger partial charge in [-0.25, -0.2) is 0 Å². The van der Waals surface area contributed by atoms with Crippen molar-refractivity contribution in [1.82, 2.24) is 0 Å². The predicted molar refractivity (Wildman–Crippen MR) is 82.2 cm³/mol. The van der Waals surface area contributed by atoms with Crippen LogP contribution in [-0.4, -0.2) is 70.6 Å². The van der Waals surface area contributed by atoms with E-state index in [0.29, 0.717) is 26.3 Å². The number of hydrogen-bond acceptors (Lipinski definition) is 7. The van der Waals surface area contributed by atoms with Crippen molar-refractivity contribution in [2.24, 2.45) is 11.5 Å². The Kier molecular flexibility index (Phi) is 45.3. The zero-order valence-corrected chi connectivity index (χ0v) is 13.8. The summed E-state index contributed by atoms with van der Waals surface area (Å²) in [7, 11) is 0. The van der Waals surface area contributed by atoms with E-state index < -0.39 is 23.9 Å². The zero-order valence-electron chi connectivity index (χ0n) is 13.8. The van der Waals surface area contributed by atoms with Crippen LogP contribution in [0.25, 0.3) is 0 Å². The SMILES string of the molecule is CC(=O)O.CC(=O)O.CC(=O)O.CC(=O)O.NCCOCCN. The fourth-order valence-electron chi connectivity index (χ4n) is 0.269. The molecule has 11 nitrogen and oxygen atoms in total. The minimum absolute atomic E-state index is 0.583. The monoisotopic (exact) mass is 344 g/mol. The summed E-state index contributed by atoms with van der Waals surface area (Å²) in [5, 5.41) is 29.7. The molecule has 0 heterocycles. The molecule has 11 heteroatoms. The van der Waals surface area contributed by atoms with Gasteiger partial charge in [0, 0.05) is 40.8 Å². The standard InChI is InChI=1S/C4H12N2O.4C2H4O2/c5-1-3-7-4-2-6;4*1-2(3)4/h1-6H2;4*1H3,(H,3,4).